The Bertz CT molecular complexity index is 1590. The number of thiazole rings is 1. The molecule has 2 bridgehead atoms. The smallest absolute Gasteiger partial charge is 0.350 e. The molecule has 8 nitrogen and oxygen atoms in total. The number of aryl methyl sites for hydroxylation is 1. The van der Waals surface area contributed by atoms with Gasteiger partial charge in [0.25, 0.3) is 0 Å². The first-order valence-electron chi connectivity index (χ1n) is 12.4. The molecule has 3 aromatic rings. The highest BCUT2D eigenvalue weighted by Crippen LogP contribution is 2.42. The van der Waals surface area contributed by atoms with Crippen LogP contribution in [0.3, 0.4) is 0 Å². The summed E-state index contributed by atoms with van der Waals surface area (Å²) in [6.45, 7) is 7.67. The summed E-state index contributed by atoms with van der Waals surface area (Å²) in [6, 6.07) is 2.80. The van der Waals surface area contributed by atoms with Crippen LogP contribution in [0.15, 0.2) is 28.4 Å². The number of nitrogens with zero attached hydrogens (tertiary/aromatic N) is 4. The average Bonchev–Trinajstić information content (AvgIpc) is 3.43. The van der Waals surface area contributed by atoms with Crippen LogP contribution in [-0.4, -0.2) is 59.2 Å². The van der Waals surface area contributed by atoms with Crippen LogP contribution < -0.4 is 31.5 Å². The Kier molecular flexibility index (Phi) is 6.34. The van der Waals surface area contributed by atoms with E-state index < -0.39 is 5.83 Å². The van der Waals surface area contributed by atoms with E-state index in [-0.39, 0.29) is 16.9 Å². The standard InChI is InChI=1S/C26H29FN6O2S2/c1-4-19(27)23-20(30-25(28)37-23)8-17-13(2)7-18-21-22(17)36-12-16(11-35-3)33(21)26(34)31-24(18)32-9-14-5-6-15(10-32)29-14/h4,7-8,14-16,29H,1,5-6,9-12H2,2-3H3,(H2,28,30)/b20-8-,23-19-. The van der Waals surface area contributed by atoms with Crippen LogP contribution in [0.1, 0.15) is 30.0 Å². The molecule has 3 aliphatic rings. The van der Waals surface area contributed by atoms with Gasteiger partial charge >= 0.3 is 5.69 Å². The molecular weight excluding hydrogens is 511 g/mol. The van der Waals surface area contributed by atoms with E-state index in [1.165, 1.54) is 6.08 Å². The number of nitrogens with two attached hydrogens (primary N) is 1. The molecule has 5 heterocycles. The Balaban J connectivity index is 1.64. The number of methoxy groups -OCH3 is 1. The summed E-state index contributed by atoms with van der Waals surface area (Å²) in [5, 5.41) is 5.36. The Hall–Kier alpha value is -2.73. The van der Waals surface area contributed by atoms with Crippen LogP contribution in [0.2, 0.25) is 0 Å². The molecule has 1 aromatic carbocycles. The number of nitrogen functional groups attached to an aromatic ring is 1. The molecule has 6 rings (SSSR count). The molecule has 2 saturated heterocycles. The van der Waals surface area contributed by atoms with Gasteiger partial charge in [0.2, 0.25) is 0 Å². The van der Waals surface area contributed by atoms with Gasteiger partial charge in [-0.3, -0.25) is 4.57 Å². The topological polar surface area (TPSA) is 98.3 Å². The van der Waals surface area contributed by atoms with E-state index in [0.29, 0.717) is 34.3 Å². The number of aromatic nitrogens is 3. The second-order valence-electron chi connectivity index (χ2n) is 9.85. The van der Waals surface area contributed by atoms with Crippen LogP contribution in [-0.2, 0) is 4.74 Å². The molecule has 194 valence electrons. The lowest BCUT2D eigenvalue weighted by molar-refractivity contribution is 0.163. The SMILES string of the molecule is C=C/C(F)=c1/sc(N)n/c1=C\c1c(C)cc2c(N3CC4CCC(C3)N4)nc(=O)n3c2c1SCC3COC. The Morgan fingerprint density at radius 1 is 1.35 bits per heavy atom. The van der Waals surface area contributed by atoms with E-state index in [0.717, 1.165) is 70.0 Å². The van der Waals surface area contributed by atoms with Gasteiger partial charge in [-0.2, -0.15) is 4.98 Å². The minimum absolute atomic E-state index is 0.133. The number of thioether (sulfide) groups is 1. The molecule has 11 heteroatoms. The van der Waals surface area contributed by atoms with E-state index in [4.69, 9.17) is 10.5 Å². The van der Waals surface area contributed by atoms with Crippen molar-refractivity contribution in [1.29, 1.82) is 0 Å². The van der Waals surface area contributed by atoms with Crippen molar-refractivity contribution < 1.29 is 9.13 Å². The first-order valence-corrected chi connectivity index (χ1v) is 14.2. The fourth-order valence-corrected chi connectivity index (χ4v) is 7.86. The van der Waals surface area contributed by atoms with Gasteiger partial charge in [0, 0.05) is 48.3 Å². The van der Waals surface area contributed by atoms with Gasteiger partial charge in [-0.25, -0.2) is 14.2 Å². The van der Waals surface area contributed by atoms with Gasteiger partial charge < -0.3 is 20.7 Å². The lowest BCUT2D eigenvalue weighted by atomic mass is 10.0. The summed E-state index contributed by atoms with van der Waals surface area (Å²) < 4.78 is 22.2. The minimum Gasteiger partial charge on any atom is -0.383 e. The maximum Gasteiger partial charge on any atom is 0.350 e. The third-order valence-corrected chi connectivity index (χ3v) is 9.56. The number of ether oxygens (including phenoxy) is 1. The van der Waals surface area contributed by atoms with Gasteiger partial charge in [-0.15, -0.1) is 11.8 Å². The molecule has 0 spiro atoms. The number of benzene rings is 1. The lowest BCUT2D eigenvalue weighted by Gasteiger charge is -2.36. The van der Waals surface area contributed by atoms with E-state index in [2.05, 4.69) is 32.8 Å². The lowest BCUT2D eigenvalue weighted by Crippen LogP contribution is -2.52. The average molecular weight is 541 g/mol. The van der Waals surface area contributed by atoms with Crippen molar-refractivity contribution in [2.75, 3.05) is 43.2 Å². The summed E-state index contributed by atoms with van der Waals surface area (Å²) >= 11 is 2.78. The summed E-state index contributed by atoms with van der Waals surface area (Å²) in [5.74, 6) is 0.948. The number of hydrogen-bond acceptors (Lipinski definition) is 9. The zero-order valence-corrected chi connectivity index (χ0v) is 22.4. The van der Waals surface area contributed by atoms with Gasteiger partial charge in [-0.1, -0.05) is 17.9 Å². The summed E-state index contributed by atoms with van der Waals surface area (Å²) in [5.41, 5.74) is 8.45. The number of piperazine rings is 1. The van der Waals surface area contributed by atoms with Crippen molar-refractivity contribution in [2.45, 2.75) is 42.8 Å². The van der Waals surface area contributed by atoms with Crippen LogP contribution in [0.5, 0.6) is 0 Å². The van der Waals surface area contributed by atoms with Crippen molar-refractivity contribution >= 4 is 56.9 Å². The van der Waals surface area contributed by atoms with Crippen molar-refractivity contribution in [3.05, 3.63) is 50.2 Å². The first kappa shape index (κ1) is 24.6. The molecule has 3 unspecified atom stereocenters. The molecular formula is C26H29FN6O2S2. The zero-order chi connectivity index (χ0) is 25.8. The Labute approximate surface area is 221 Å². The maximum absolute atomic E-state index is 14.6. The second-order valence-corrected chi connectivity index (χ2v) is 11.9. The van der Waals surface area contributed by atoms with E-state index in [9.17, 15) is 9.18 Å². The summed E-state index contributed by atoms with van der Waals surface area (Å²) in [7, 11) is 1.65. The molecule has 0 aliphatic carbocycles. The van der Waals surface area contributed by atoms with E-state index in [1.54, 1.807) is 23.4 Å². The third kappa shape index (κ3) is 4.18. The second kappa shape index (κ2) is 9.54. The van der Waals surface area contributed by atoms with E-state index in [1.807, 2.05) is 13.0 Å². The van der Waals surface area contributed by atoms with Crippen molar-refractivity contribution in [3.63, 3.8) is 0 Å². The molecule has 0 amide bonds. The number of allylic oxidation sites excluding steroid dienone is 1. The first-order chi connectivity index (χ1) is 17.9. The highest BCUT2D eigenvalue weighted by molar-refractivity contribution is 7.99. The van der Waals surface area contributed by atoms with E-state index >= 15 is 0 Å². The predicted molar refractivity (Wildman–Crippen MR) is 149 cm³/mol. The highest BCUT2D eigenvalue weighted by Gasteiger charge is 2.35. The fourth-order valence-electron chi connectivity index (χ4n) is 5.79. The van der Waals surface area contributed by atoms with Crippen LogP contribution in [0, 0.1) is 6.92 Å². The predicted octanol–water partition coefficient (Wildman–Crippen LogP) is 2.07. The largest absolute Gasteiger partial charge is 0.383 e. The highest BCUT2D eigenvalue weighted by atomic mass is 32.2. The number of rotatable bonds is 5. The third-order valence-electron chi connectivity index (χ3n) is 7.40. The molecule has 2 fully saturated rings. The monoisotopic (exact) mass is 540 g/mol. The molecule has 3 atom stereocenters. The Morgan fingerprint density at radius 3 is 2.81 bits per heavy atom. The molecule has 37 heavy (non-hydrogen) atoms. The van der Waals surface area contributed by atoms with Crippen molar-refractivity contribution in [3.8, 4) is 0 Å². The van der Waals surface area contributed by atoms with Gasteiger partial charge in [0.05, 0.1) is 28.0 Å². The van der Waals surface area contributed by atoms with Crippen molar-refractivity contribution in [2.24, 2.45) is 0 Å². The van der Waals surface area contributed by atoms with Crippen LogP contribution in [0.25, 0.3) is 22.8 Å². The molecule has 2 aromatic heterocycles. The maximum atomic E-state index is 14.6. The number of nitrogens with one attached hydrogen (secondary N) is 1. The summed E-state index contributed by atoms with van der Waals surface area (Å²) in [6.07, 6.45) is 5.33. The number of anilines is 2. The number of fused-ring (bicyclic) bond motifs is 2. The van der Waals surface area contributed by atoms with Gasteiger partial charge in [-0.05, 0) is 49.1 Å². The molecule has 0 saturated carbocycles. The number of halogens is 1. The summed E-state index contributed by atoms with van der Waals surface area (Å²) in [4.78, 5) is 25.8. The van der Waals surface area contributed by atoms with Crippen LogP contribution in [0.4, 0.5) is 15.3 Å². The minimum atomic E-state index is -0.461. The molecule has 3 N–H and O–H groups in total. The Morgan fingerprint density at radius 2 is 2.11 bits per heavy atom. The quantitative estimate of drug-likeness (QED) is 0.508. The normalized spacial score (nSPS) is 24.1. The fraction of sp³-hybridized carbons (Fsp3) is 0.423. The zero-order valence-electron chi connectivity index (χ0n) is 20.8. The molecule has 0 radical (unpaired) electrons. The van der Waals surface area contributed by atoms with Crippen molar-refractivity contribution in [1.82, 2.24) is 19.9 Å². The van der Waals surface area contributed by atoms with Gasteiger partial charge in [0.15, 0.2) is 5.13 Å². The van der Waals surface area contributed by atoms with Crippen LogP contribution >= 0.6 is 23.1 Å². The molecule has 3 aliphatic heterocycles. The van der Waals surface area contributed by atoms with Gasteiger partial charge in [0.1, 0.15) is 11.6 Å². The number of hydrogen-bond donors (Lipinski definition) is 2.